The first kappa shape index (κ1) is 19.2. The summed E-state index contributed by atoms with van der Waals surface area (Å²) in [6.07, 6.45) is 3.94. The fourth-order valence-corrected chi connectivity index (χ4v) is 3.77. The molecule has 0 saturated carbocycles. The van der Waals surface area contributed by atoms with Crippen LogP contribution in [0.5, 0.6) is 5.75 Å². The van der Waals surface area contributed by atoms with Gasteiger partial charge in [0.25, 0.3) is 5.91 Å². The van der Waals surface area contributed by atoms with Crippen molar-refractivity contribution in [2.24, 2.45) is 0 Å². The number of para-hydroxylation sites is 1. The Morgan fingerprint density at radius 2 is 1.90 bits per heavy atom. The minimum atomic E-state index is 0.0259. The molecule has 0 aliphatic carbocycles. The van der Waals surface area contributed by atoms with E-state index in [-0.39, 0.29) is 5.91 Å². The van der Waals surface area contributed by atoms with E-state index in [4.69, 9.17) is 9.84 Å². The Kier molecular flexibility index (Phi) is 5.62. The fourth-order valence-electron chi connectivity index (χ4n) is 3.77. The second kappa shape index (κ2) is 8.49. The van der Waals surface area contributed by atoms with Gasteiger partial charge in [0.1, 0.15) is 11.4 Å². The third kappa shape index (κ3) is 4.03. The predicted octanol–water partition coefficient (Wildman–Crippen LogP) is 3.37. The molecule has 0 spiro atoms. The topological polar surface area (TPSA) is 59.4 Å². The van der Waals surface area contributed by atoms with E-state index < -0.39 is 0 Å². The van der Waals surface area contributed by atoms with E-state index in [2.05, 4.69) is 5.32 Å². The van der Waals surface area contributed by atoms with Crippen LogP contribution in [0.1, 0.15) is 23.2 Å². The van der Waals surface area contributed by atoms with Gasteiger partial charge in [0.15, 0.2) is 0 Å². The van der Waals surface area contributed by atoms with E-state index in [0.717, 1.165) is 36.4 Å². The molecule has 1 unspecified atom stereocenters. The number of rotatable bonds is 5. The van der Waals surface area contributed by atoms with Crippen LogP contribution in [0.15, 0.2) is 60.8 Å². The first-order chi connectivity index (χ1) is 14.2. The van der Waals surface area contributed by atoms with Crippen molar-refractivity contribution in [3.05, 3.63) is 66.4 Å². The lowest BCUT2D eigenvalue weighted by molar-refractivity contribution is 0.0699. The molecule has 0 radical (unpaired) electrons. The van der Waals surface area contributed by atoms with Gasteiger partial charge < -0.3 is 15.0 Å². The van der Waals surface area contributed by atoms with Gasteiger partial charge in [0.2, 0.25) is 0 Å². The Morgan fingerprint density at radius 3 is 2.59 bits per heavy atom. The third-order valence-corrected chi connectivity index (χ3v) is 5.45. The summed E-state index contributed by atoms with van der Waals surface area (Å²) in [5.41, 5.74) is 3.13. The van der Waals surface area contributed by atoms with E-state index in [1.54, 1.807) is 11.8 Å². The van der Waals surface area contributed by atoms with Crippen LogP contribution in [0.25, 0.3) is 16.9 Å². The number of likely N-dealkylation sites (tertiary alicyclic amines) is 1. The SMILES string of the molecule is CNC1CCCN(C(=O)c2cn(-c3ccccc3)nc2-c2ccc(OC)cc2)C1. The highest BCUT2D eigenvalue weighted by Gasteiger charge is 2.27. The largest absolute Gasteiger partial charge is 0.497 e. The molecule has 29 heavy (non-hydrogen) atoms. The maximum absolute atomic E-state index is 13.4. The predicted molar refractivity (Wildman–Crippen MR) is 114 cm³/mol. The normalized spacial score (nSPS) is 16.6. The van der Waals surface area contributed by atoms with Crippen molar-refractivity contribution in [1.82, 2.24) is 20.0 Å². The Morgan fingerprint density at radius 1 is 1.14 bits per heavy atom. The highest BCUT2D eigenvalue weighted by Crippen LogP contribution is 2.27. The number of carbonyl (C=O) groups excluding carboxylic acids is 1. The van der Waals surface area contributed by atoms with Crippen LogP contribution in [-0.2, 0) is 0 Å². The molecule has 1 fully saturated rings. The Labute approximate surface area is 171 Å². The van der Waals surface area contributed by atoms with Crippen molar-refractivity contribution >= 4 is 5.91 Å². The van der Waals surface area contributed by atoms with Gasteiger partial charge in [0.05, 0.1) is 18.4 Å². The summed E-state index contributed by atoms with van der Waals surface area (Å²) in [5.74, 6) is 0.801. The molecular formula is C23H26N4O2. The van der Waals surface area contributed by atoms with Gasteiger partial charge in [-0.15, -0.1) is 0 Å². The molecule has 1 amide bonds. The lowest BCUT2D eigenvalue weighted by Crippen LogP contribution is -2.47. The standard InChI is InChI=1S/C23H26N4O2/c1-24-18-7-6-14-26(15-18)23(28)21-16-27(19-8-4-3-5-9-19)25-22(21)17-10-12-20(29-2)13-11-17/h3-5,8-13,16,18,24H,6-7,14-15H2,1-2H3. The number of nitrogens with zero attached hydrogens (tertiary/aromatic N) is 3. The minimum absolute atomic E-state index is 0.0259. The number of likely N-dealkylation sites (N-methyl/N-ethyl adjacent to an activating group) is 1. The summed E-state index contributed by atoms with van der Waals surface area (Å²) >= 11 is 0. The highest BCUT2D eigenvalue weighted by atomic mass is 16.5. The number of methoxy groups -OCH3 is 1. The third-order valence-electron chi connectivity index (χ3n) is 5.45. The van der Waals surface area contributed by atoms with Crippen molar-refractivity contribution in [3.63, 3.8) is 0 Å². The van der Waals surface area contributed by atoms with Crippen LogP contribution >= 0.6 is 0 Å². The van der Waals surface area contributed by atoms with Gasteiger partial charge in [-0.1, -0.05) is 18.2 Å². The van der Waals surface area contributed by atoms with Crippen LogP contribution in [0.3, 0.4) is 0 Å². The van der Waals surface area contributed by atoms with Crippen molar-refractivity contribution in [2.75, 3.05) is 27.2 Å². The maximum Gasteiger partial charge on any atom is 0.257 e. The number of amides is 1. The van der Waals surface area contributed by atoms with Crippen LogP contribution in [-0.4, -0.2) is 53.9 Å². The van der Waals surface area contributed by atoms with E-state index in [1.807, 2.05) is 72.7 Å². The molecular weight excluding hydrogens is 364 g/mol. The van der Waals surface area contributed by atoms with Gasteiger partial charge in [-0.2, -0.15) is 5.10 Å². The van der Waals surface area contributed by atoms with Crippen LogP contribution in [0.4, 0.5) is 0 Å². The summed E-state index contributed by atoms with van der Waals surface area (Å²) in [7, 11) is 3.59. The molecule has 6 nitrogen and oxygen atoms in total. The van der Waals surface area contributed by atoms with Crippen molar-refractivity contribution < 1.29 is 9.53 Å². The monoisotopic (exact) mass is 390 g/mol. The lowest BCUT2D eigenvalue weighted by Gasteiger charge is -2.32. The maximum atomic E-state index is 13.4. The van der Waals surface area contributed by atoms with Gasteiger partial charge >= 0.3 is 0 Å². The lowest BCUT2D eigenvalue weighted by atomic mass is 10.0. The van der Waals surface area contributed by atoms with Crippen LogP contribution < -0.4 is 10.1 Å². The van der Waals surface area contributed by atoms with E-state index in [1.165, 1.54) is 0 Å². The number of piperidine rings is 1. The quantitative estimate of drug-likeness (QED) is 0.726. The van der Waals surface area contributed by atoms with E-state index in [9.17, 15) is 4.79 Å². The molecule has 6 heteroatoms. The molecule has 2 aromatic carbocycles. The summed E-state index contributed by atoms with van der Waals surface area (Å²) in [6.45, 7) is 1.49. The molecule has 1 N–H and O–H groups in total. The average Bonchev–Trinajstić information content (AvgIpc) is 3.24. The fraction of sp³-hybridized carbons (Fsp3) is 0.304. The Bertz CT molecular complexity index is 966. The zero-order chi connectivity index (χ0) is 20.2. The number of hydrogen-bond acceptors (Lipinski definition) is 4. The second-order valence-electron chi connectivity index (χ2n) is 7.28. The Hall–Kier alpha value is -3.12. The van der Waals surface area contributed by atoms with Gasteiger partial charge in [-0.25, -0.2) is 4.68 Å². The number of carbonyl (C=O) groups is 1. The van der Waals surface area contributed by atoms with Gasteiger partial charge in [-0.05, 0) is 56.3 Å². The molecule has 0 bridgehead atoms. The summed E-state index contributed by atoms with van der Waals surface area (Å²) < 4.78 is 7.05. The smallest absolute Gasteiger partial charge is 0.257 e. The summed E-state index contributed by atoms with van der Waals surface area (Å²) in [6, 6.07) is 17.9. The zero-order valence-electron chi connectivity index (χ0n) is 16.8. The van der Waals surface area contributed by atoms with E-state index >= 15 is 0 Å². The van der Waals surface area contributed by atoms with Crippen molar-refractivity contribution in [2.45, 2.75) is 18.9 Å². The molecule has 1 aromatic heterocycles. The first-order valence-corrected chi connectivity index (χ1v) is 9.95. The Balaban J connectivity index is 1.74. The minimum Gasteiger partial charge on any atom is -0.497 e. The van der Waals surface area contributed by atoms with E-state index in [0.29, 0.717) is 23.8 Å². The highest BCUT2D eigenvalue weighted by molar-refractivity contribution is 6.00. The molecule has 1 aliphatic heterocycles. The number of hydrogen-bond donors (Lipinski definition) is 1. The van der Waals surface area contributed by atoms with Crippen LogP contribution in [0, 0.1) is 0 Å². The number of benzene rings is 2. The number of ether oxygens (including phenoxy) is 1. The summed E-state index contributed by atoms with van der Waals surface area (Å²) in [5, 5.41) is 8.08. The second-order valence-corrected chi connectivity index (χ2v) is 7.28. The number of aromatic nitrogens is 2. The van der Waals surface area contributed by atoms with Gasteiger partial charge in [-0.3, -0.25) is 4.79 Å². The average molecular weight is 390 g/mol. The zero-order valence-corrected chi connectivity index (χ0v) is 16.8. The molecule has 1 saturated heterocycles. The summed E-state index contributed by atoms with van der Waals surface area (Å²) in [4.78, 5) is 15.4. The molecule has 1 atom stereocenters. The molecule has 3 aromatic rings. The number of nitrogens with one attached hydrogen (secondary N) is 1. The van der Waals surface area contributed by atoms with Crippen molar-refractivity contribution in [3.8, 4) is 22.7 Å². The molecule has 150 valence electrons. The van der Waals surface area contributed by atoms with Crippen LogP contribution in [0.2, 0.25) is 0 Å². The molecule has 4 rings (SSSR count). The first-order valence-electron chi connectivity index (χ1n) is 9.95. The van der Waals surface area contributed by atoms with Gasteiger partial charge in [0, 0.05) is 30.9 Å². The molecule has 1 aliphatic rings. The molecule has 2 heterocycles. The van der Waals surface area contributed by atoms with Crippen molar-refractivity contribution in [1.29, 1.82) is 0 Å².